The number of nitro benzene ring substituents is 1. The number of rotatable bonds is 4. The number of hydrogen-bond acceptors (Lipinski definition) is 4. The first-order valence-electron chi connectivity index (χ1n) is 5.98. The minimum Gasteiger partial charge on any atom is -0.508 e. The molecule has 2 aromatic rings. The zero-order valence-corrected chi connectivity index (χ0v) is 10.7. The molecule has 0 heterocycles. The summed E-state index contributed by atoms with van der Waals surface area (Å²) in [5.41, 5.74) is 0.00516. The number of nitrogens with one attached hydrogen (secondary N) is 1. The van der Waals surface area contributed by atoms with Gasteiger partial charge in [0.15, 0.2) is 5.82 Å². The van der Waals surface area contributed by atoms with Gasteiger partial charge in [0, 0.05) is 11.6 Å². The molecule has 0 amide bonds. The predicted octanol–water partition coefficient (Wildman–Crippen LogP) is 3.61. The molecule has 0 radical (unpaired) electrons. The highest BCUT2D eigenvalue weighted by Gasteiger charge is 2.20. The molecule has 0 bridgehead atoms. The molecule has 0 aliphatic carbocycles. The van der Waals surface area contributed by atoms with E-state index in [0.717, 1.165) is 6.07 Å². The van der Waals surface area contributed by atoms with E-state index < -0.39 is 16.8 Å². The molecule has 6 heteroatoms. The van der Waals surface area contributed by atoms with Gasteiger partial charge in [-0.1, -0.05) is 24.3 Å². The maximum Gasteiger partial charge on any atom is 0.295 e. The van der Waals surface area contributed by atoms with Crippen LogP contribution in [-0.4, -0.2) is 10.0 Å². The van der Waals surface area contributed by atoms with Gasteiger partial charge in [0.25, 0.3) is 5.69 Å². The van der Waals surface area contributed by atoms with Crippen LogP contribution < -0.4 is 5.32 Å². The zero-order valence-electron chi connectivity index (χ0n) is 10.7. The van der Waals surface area contributed by atoms with Gasteiger partial charge in [0.1, 0.15) is 11.4 Å². The first-order valence-corrected chi connectivity index (χ1v) is 5.98. The van der Waals surface area contributed by atoms with Crippen molar-refractivity contribution < 1.29 is 14.4 Å². The van der Waals surface area contributed by atoms with Crippen molar-refractivity contribution in [3.63, 3.8) is 0 Å². The average molecular weight is 276 g/mol. The lowest BCUT2D eigenvalue weighted by atomic mass is 10.1. The van der Waals surface area contributed by atoms with Gasteiger partial charge in [0.05, 0.1) is 11.0 Å². The van der Waals surface area contributed by atoms with Gasteiger partial charge in [-0.3, -0.25) is 10.1 Å². The molecular formula is C14H13FN2O3. The summed E-state index contributed by atoms with van der Waals surface area (Å²) in [6, 6.07) is 9.73. The van der Waals surface area contributed by atoms with Gasteiger partial charge in [-0.25, -0.2) is 4.39 Å². The summed E-state index contributed by atoms with van der Waals surface area (Å²) in [6.07, 6.45) is 0. The Hall–Kier alpha value is -2.63. The molecular weight excluding hydrogens is 263 g/mol. The second-order valence-corrected chi connectivity index (χ2v) is 4.32. The summed E-state index contributed by atoms with van der Waals surface area (Å²) < 4.78 is 13.8. The number of anilines is 1. The van der Waals surface area contributed by atoms with Crippen LogP contribution >= 0.6 is 0 Å². The first-order chi connectivity index (χ1) is 9.50. The molecule has 0 aliphatic rings. The highest BCUT2D eigenvalue weighted by atomic mass is 19.1. The van der Waals surface area contributed by atoms with Gasteiger partial charge in [0.2, 0.25) is 0 Å². The normalized spacial score (nSPS) is 11.9. The largest absolute Gasteiger partial charge is 0.508 e. The Kier molecular flexibility index (Phi) is 3.84. The van der Waals surface area contributed by atoms with E-state index in [2.05, 4.69) is 5.32 Å². The summed E-state index contributed by atoms with van der Waals surface area (Å²) in [5.74, 6) is -0.659. The Labute approximate surface area is 114 Å². The minimum absolute atomic E-state index is 0.0477. The highest BCUT2D eigenvalue weighted by molar-refractivity contribution is 5.63. The van der Waals surface area contributed by atoms with E-state index in [4.69, 9.17) is 0 Å². The third-order valence-electron chi connectivity index (χ3n) is 2.95. The molecule has 0 aliphatic heterocycles. The Bertz CT molecular complexity index is 646. The van der Waals surface area contributed by atoms with Crippen LogP contribution in [-0.2, 0) is 0 Å². The van der Waals surface area contributed by atoms with E-state index in [-0.39, 0.29) is 17.1 Å². The number of hydrogen-bond donors (Lipinski definition) is 2. The first kappa shape index (κ1) is 13.8. The van der Waals surface area contributed by atoms with Crippen LogP contribution in [0.3, 0.4) is 0 Å². The maximum absolute atomic E-state index is 13.8. The number of para-hydroxylation sites is 2. The van der Waals surface area contributed by atoms with E-state index in [1.54, 1.807) is 25.1 Å². The van der Waals surface area contributed by atoms with Crippen molar-refractivity contribution in [2.45, 2.75) is 13.0 Å². The summed E-state index contributed by atoms with van der Waals surface area (Å²) in [5, 5.41) is 23.4. The van der Waals surface area contributed by atoms with Crippen LogP contribution in [0, 0.1) is 15.9 Å². The molecule has 0 saturated heterocycles. The molecule has 1 unspecified atom stereocenters. The molecule has 104 valence electrons. The Balaban J connectivity index is 2.35. The van der Waals surface area contributed by atoms with Crippen molar-refractivity contribution in [1.29, 1.82) is 0 Å². The van der Waals surface area contributed by atoms with Gasteiger partial charge >= 0.3 is 0 Å². The van der Waals surface area contributed by atoms with Gasteiger partial charge in [-0.15, -0.1) is 0 Å². The fourth-order valence-electron chi connectivity index (χ4n) is 1.96. The average Bonchev–Trinajstić information content (AvgIpc) is 2.41. The fraction of sp³-hybridized carbons (Fsp3) is 0.143. The van der Waals surface area contributed by atoms with E-state index in [1.165, 1.54) is 18.2 Å². The van der Waals surface area contributed by atoms with E-state index in [1.807, 2.05) is 0 Å². The molecule has 20 heavy (non-hydrogen) atoms. The lowest BCUT2D eigenvalue weighted by Crippen LogP contribution is -2.10. The second kappa shape index (κ2) is 5.56. The van der Waals surface area contributed by atoms with Crippen molar-refractivity contribution in [1.82, 2.24) is 0 Å². The SMILES string of the molecule is CC(Nc1c(F)cccc1[N+](=O)[O-])c1ccccc1O. The lowest BCUT2D eigenvalue weighted by molar-refractivity contribution is -0.384. The standard InChI is InChI=1S/C14H13FN2O3/c1-9(10-5-2-3-8-13(10)18)16-14-11(15)6-4-7-12(14)17(19)20/h2-9,16,18H,1H3. The van der Waals surface area contributed by atoms with Crippen LogP contribution in [0.2, 0.25) is 0 Å². The molecule has 0 aromatic heterocycles. The summed E-state index contributed by atoms with van der Waals surface area (Å²) >= 11 is 0. The quantitative estimate of drug-likeness (QED) is 0.660. The second-order valence-electron chi connectivity index (χ2n) is 4.32. The molecule has 0 saturated carbocycles. The van der Waals surface area contributed by atoms with E-state index in [9.17, 15) is 19.6 Å². The van der Waals surface area contributed by atoms with Crippen LogP contribution in [0.15, 0.2) is 42.5 Å². The van der Waals surface area contributed by atoms with Crippen LogP contribution in [0.1, 0.15) is 18.5 Å². The maximum atomic E-state index is 13.8. The third kappa shape index (κ3) is 2.69. The van der Waals surface area contributed by atoms with Crippen molar-refractivity contribution in [3.05, 3.63) is 64.0 Å². The molecule has 2 aromatic carbocycles. The molecule has 5 nitrogen and oxygen atoms in total. The van der Waals surface area contributed by atoms with Crippen LogP contribution in [0.5, 0.6) is 5.75 Å². The van der Waals surface area contributed by atoms with E-state index in [0.29, 0.717) is 5.56 Å². The number of nitrogens with zero attached hydrogens (tertiary/aromatic N) is 1. The molecule has 1 atom stereocenters. The molecule has 0 fully saturated rings. The number of nitro groups is 1. The highest BCUT2D eigenvalue weighted by Crippen LogP contribution is 2.32. The van der Waals surface area contributed by atoms with Crippen molar-refractivity contribution >= 4 is 11.4 Å². The Morgan fingerprint density at radius 2 is 1.95 bits per heavy atom. The number of phenols is 1. The van der Waals surface area contributed by atoms with E-state index >= 15 is 0 Å². The van der Waals surface area contributed by atoms with Crippen molar-refractivity contribution in [3.8, 4) is 5.75 Å². The molecule has 2 N–H and O–H groups in total. The van der Waals surface area contributed by atoms with Gasteiger partial charge < -0.3 is 10.4 Å². The zero-order chi connectivity index (χ0) is 14.7. The topological polar surface area (TPSA) is 75.4 Å². The van der Waals surface area contributed by atoms with Gasteiger partial charge in [-0.2, -0.15) is 0 Å². The number of halogens is 1. The molecule has 2 rings (SSSR count). The van der Waals surface area contributed by atoms with Crippen molar-refractivity contribution in [2.24, 2.45) is 0 Å². The number of benzene rings is 2. The summed E-state index contributed by atoms with van der Waals surface area (Å²) in [7, 11) is 0. The molecule has 0 spiro atoms. The summed E-state index contributed by atoms with van der Waals surface area (Å²) in [6.45, 7) is 1.69. The third-order valence-corrected chi connectivity index (χ3v) is 2.95. The van der Waals surface area contributed by atoms with Crippen LogP contribution in [0.4, 0.5) is 15.8 Å². The van der Waals surface area contributed by atoms with Crippen LogP contribution in [0.25, 0.3) is 0 Å². The smallest absolute Gasteiger partial charge is 0.295 e. The Morgan fingerprint density at radius 1 is 1.25 bits per heavy atom. The van der Waals surface area contributed by atoms with Crippen molar-refractivity contribution in [2.75, 3.05) is 5.32 Å². The number of aromatic hydroxyl groups is 1. The lowest BCUT2D eigenvalue weighted by Gasteiger charge is -2.17. The van der Waals surface area contributed by atoms with Gasteiger partial charge in [-0.05, 0) is 19.1 Å². The summed E-state index contributed by atoms with van der Waals surface area (Å²) in [4.78, 5) is 10.3. The monoisotopic (exact) mass is 276 g/mol. The number of phenolic OH excluding ortho intramolecular Hbond substituents is 1. The fourth-order valence-corrected chi connectivity index (χ4v) is 1.96. The predicted molar refractivity (Wildman–Crippen MR) is 73.2 cm³/mol. The minimum atomic E-state index is -0.707. The Morgan fingerprint density at radius 3 is 2.60 bits per heavy atom.